The molecule has 0 aliphatic heterocycles. The SMILES string of the molecule is COc1cccc(CC(C)(O)c2cc(F)cc(F)c2)c1. The number of aliphatic hydroxyl groups is 1. The highest BCUT2D eigenvalue weighted by Crippen LogP contribution is 2.27. The molecular weight excluding hydrogens is 262 g/mol. The van der Waals surface area contributed by atoms with E-state index in [-0.39, 0.29) is 12.0 Å². The molecule has 0 aliphatic rings. The Hall–Kier alpha value is -1.94. The van der Waals surface area contributed by atoms with Crippen LogP contribution in [0.2, 0.25) is 0 Å². The van der Waals surface area contributed by atoms with Gasteiger partial charge in [0.25, 0.3) is 0 Å². The molecule has 0 amide bonds. The predicted octanol–water partition coefficient (Wildman–Crippen LogP) is 3.42. The minimum Gasteiger partial charge on any atom is -0.497 e. The molecule has 0 saturated carbocycles. The monoisotopic (exact) mass is 278 g/mol. The molecule has 20 heavy (non-hydrogen) atoms. The molecule has 1 N–H and O–H groups in total. The second-order valence-electron chi connectivity index (χ2n) is 4.96. The minimum atomic E-state index is -1.37. The van der Waals surface area contributed by atoms with E-state index in [2.05, 4.69) is 0 Å². The number of hydrogen-bond donors (Lipinski definition) is 1. The summed E-state index contributed by atoms with van der Waals surface area (Å²) >= 11 is 0. The fourth-order valence-corrected chi connectivity index (χ4v) is 2.15. The molecule has 0 heterocycles. The summed E-state index contributed by atoms with van der Waals surface area (Å²) in [4.78, 5) is 0. The summed E-state index contributed by atoms with van der Waals surface area (Å²) in [5.41, 5.74) is -0.341. The number of benzene rings is 2. The van der Waals surface area contributed by atoms with Crippen LogP contribution in [0.5, 0.6) is 5.75 Å². The van der Waals surface area contributed by atoms with Gasteiger partial charge in [-0.15, -0.1) is 0 Å². The van der Waals surface area contributed by atoms with Crippen LogP contribution in [0, 0.1) is 11.6 Å². The first-order chi connectivity index (χ1) is 9.40. The molecule has 2 rings (SSSR count). The zero-order valence-corrected chi connectivity index (χ0v) is 11.4. The molecule has 2 aromatic rings. The molecule has 0 radical (unpaired) electrons. The van der Waals surface area contributed by atoms with Gasteiger partial charge in [-0.05, 0) is 42.3 Å². The Bertz CT molecular complexity index is 589. The van der Waals surface area contributed by atoms with Gasteiger partial charge in [0.1, 0.15) is 17.4 Å². The van der Waals surface area contributed by atoms with E-state index >= 15 is 0 Å². The first-order valence-corrected chi connectivity index (χ1v) is 6.22. The summed E-state index contributed by atoms with van der Waals surface area (Å²) in [6.07, 6.45) is 0.229. The van der Waals surface area contributed by atoms with Crippen LogP contribution in [0.25, 0.3) is 0 Å². The average molecular weight is 278 g/mol. The van der Waals surface area contributed by atoms with Crippen molar-refractivity contribution in [2.45, 2.75) is 18.9 Å². The van der Waals surface area contributed by atoms with Crippen molar-refractivity contribution in [2.75, 3.05) is 7.11 Å². The lowest BCUT2D eigenvalue weighted by Gasteiger charge is -2.24. The molecule has 2 aromatic carbocycles. The lowest BCUT2D eigenvalue weighted by molar-refractivity contribution is 0.0569. The van der Waals surface area contributed by atoms with Crippen LogP contribution in [-0.2, 0) is 12.0 Å². The average Bonchev–Trinajstić information content (AvgIpc) is 2.37. The smallest absolute Gasteiger partial charge is 0.126 e. The van der Waals surface area contributed by atoms with Crippen molar-refractivity contribution >= 4 is 0 Å². The van der Waals surface area contributed by atoms with E-state index in [0.29, 0.717) is 5.75 Å². The predicted molar refractivity (Wildman–Crippen MR) is 72.6 cm³/mol. The van der Waals surface area contributed by atoms with Crippen LogP contribution in [0.1, 0.15) is 18.1 Å². The van der Waals surface area contributed by atoms with Crippen molar-refractivity contribution in [1.82, 2.24) is 0 Å². The second-order valence-corrected chi connectivity index (χ2v) is 4.96. The third-order valence-corrected chi connectivity index (χ3v) is 3.17. The van der Waals surface area contributed by atoms with Crippen molar-refractivity contribution in [2.24, 2.45) is 0 Å². The molecule has 1 atom stereocenters. The highest BCUT2D eigenvalue weighted by atomic mass is 19.1. The van der Waals surface area contributed by atoms with Gasteiger partial charge in [-0.1, -0.05) is 12.1 Å². The zero-order chi connectivity index (χ0) is 14.8. The molecule has 0 saturated heterocycles. The highest BCUT2D eigenvalue weighted by Gasteiger charge is 2.25. The summed E-state index contributed by atoms with van der Waals surface area (Å²) in [5, 5.41) is 10.5. The molecule has 0 fully saturated rings. The van der Waals surface area contributed by atoms with Gasteiger partial charge in [0.2, 0.25) is 0 Å². The molecule has 0 bridgehead atoms. The largest absolute Gasteiger partial charge is 0.497 e. The Morgan fingerprint density at radius 3 is 2.35 bits per heavy atom. The summed E-state index contributed by atoms with van der Waals surface area (Å²) in [7, 11) is 1.55. The number of rotatable bonds is 4. The van der Waals surface area contributed by atoms with Crippen molar-refractivity contribution < 1.29 is 18.6 Å². The lowest BCUT2D eigenvalue weighted by atomic mass is 9.89. The van der Waals surface area contributed by atoms with Gasteiger partial charge < -0.3 is 9.84 Å². The summed E-state index contributed by atoms with van der Waals surface area (Å²) < 4.78 is 31.6. The highest BCUT2D eigenvalue weighted by molar-refractivity contribution is 5.32. The quantitative estimate of drug-likeness (QED) is 0.928. The Labute approximate surface area is 116 Å². The molecule has 1 unspecified atom stereocenters. The van der Waals surface area contributed by atoms with Gasteiger partial charge in [-0.2, -0.15) is 0 Å². The topological polar surface area (TPSA) is 29.5 Å². The van der Waals surface area contributed by atoms with Crippen molar-refractivity contribution in [3.8, 4) is 5.75 Å². The maximum absolute atomic E-state index is 13.2. The molecule has 106 valence electrons. The van der Waals surface area contributed by atoms with E-state index < -0.39 is 17.2 Å². The molecule has 2 nitrogen and oxygen atoms in total. The van der Waals surface area contributed by atoms with Gasteiger partial charge in [0.15, 0.2) is 0 Å². The first-order valence-electron chi connectivity index (χ1n) is 6.22. The van der Waals surface area contributed by atoms with Crippen LogP contribution in [0.4, 0.5) is 8.78 Å². The molecule has 0 spiro atoms. The van der Waals surface area contributed by atoms with Crippen LogP contribution in [0.15, 0.2) is 42.5 Å². The fraction of sp³-hybridized carbons (Fsp3) is 0.250. The van der Waals surface area contributed by atoms with Gasteiger partial charge in [-0.3, -0.25) is 0 Å². The van der Waals surface area contributed by atoms with Crippen LogP contribution in [0.3, 0.4) is 0 Å². The number of halogens is 2. The molecule has 4 heteroatoms. The number of methoxy groups -OCH3 is 1. The second kappa shape index (κ2) is 5.59. The fourth-order valence-electron chi connectivity index (χ4n) is 2.15. The van der Waals surface area contributed by atoms with Crippen molar-refractivity contribution in [1.29, 1.82) is 0 Å². The van der Waals surface area contributed by atoms with E-state index in [1.54, 1.807) is 25.3 Å². The van der Waals surface area contributed by atoms with Gasteiger partial charge >= 0.3 is 0 Å². The number of hydrogen-bond acceptors (Lipinski definition) is 2. The van der Waals surface area contributed by atoms with Crippen LogP contribution >= 0.6 is 0 Å². The van der Waals surface area contributed by atoms with Crippen molar-refractivity contribution in [3.05, 3.63) is 65.2 Å². The van der Waals surface area contributed by atoms with Gasteiger partial charge in [0, 0.05) is 12.5 Å². The maximum Gasteiger partial charge on any atom is 0.126 e. The Kier molecular flexibility index (Phi) is 4.04. The van der Waals surface area contributed by atoms with Gasteiger partial charge in [-0.25, -0.2) is 8.78 Å². The third kappa shape index (κ3) is 3.33. The van der Waals surface area contributed by atoms with Gasteiger partial charge in [0.05, 0.1) is 12.7 Å². The first kappa shape index (κ1) is 14.5. The Morgan fingerprint density at radius 1 is 1.10 bits per heavy atom. The number of ether oxygens (including phenoxy) is 1. The van der Waals surface area contributed by atoms with Crippen molar-refractivity contribution in [3.63, 3.8) is 0 Å². The maximum atomic E-state index is 13.2. The molecule has 0 aromatic heterocycles. The third-order valence-electron chi connectivity index (χ3n) is 3.17. The van der Waals surface area contributed by atoms with Crippen LogP contribution < -0.4 is 4.74 Å². The van der Waals surface area contributed by atoms with E-state index in [0.717, 1.165) is 23.8 Å². The minimum absolute atomic E-state index is 0.206. The summed E-state index contributed by atoms with van der Waals surface area (Å²) in [5.74, 6) is -0.736. The Morgan fingerprint density at radius 2 is 1.75 bits per heavy atom. The van der Waals surface area contributed by atoms with E-state index in [9.17, 15) is 13.9 Å². The Balaban J connectivity index is 2.29. The standard InChI is InChI=1S/C16H16F2O2/c1-16(19,12-7-13(17)9-14(18)8-12)10-11-4-3-5-15(6-11)20-2/h3-9,19H,10H2,1-2H3. The van der Waals surface area contributed by atoms with E-state index in [1.165, 1.54) is 6.92 Å². The lowest BCUT2D eigenvalue weighted by Crippen LogP contribution is -2.24. The molecular formula is C16H16F2O2. The molecule has 0 aliphatic carbocycles. The zero-order valence-electron chi connectivity index (χ0n) is 11.4. The van der Waals surface area contributed by atoms with Crippen LogP contribution in [-0.4, -0.2) is 12.2 Å². The summed E-state index contributed by atoms with van der Waals surface area (Å²) in [6.45, 7) is 1.53. The van der Waals surface area contributed by atoms with E-state index in [1.807, 2.05) is 6.07 Å². The normalized spacial score (nSPS) is 13.8. The van der Waals surface area contributed by atoms with E-state index in [4.69, 9.17) is 4.74 Å². The summed E-state index contributed by atoms with van der Waals surface area (Å²) in [6, 6.07) is 10.3.